The number of para-hydroxylation sites is 1. The highest BCUT2D eigenvalue weighted by atomic mass is 79.9. The summed E-state index contributed by atoms with van der Waals surface area (Å²) in [7, 11) is 1.53. The number of anilines is 1. The molecule has 1 aromatic heterocycles. The number of hydrogen-bond donors (Lipinski definition) is 1. The van der Waals surface area contributed by atoms with Crippen LogP contribution in [0.15, 0.2) is 80.5 Å². The topological polar surface area (TPSA) is 88.8 Å². The average Bonchev–Trinajstić information content (AvgIpc) is 3.41. The van der Waals surface area contributed by atoms with Gasteiger partial charge in [-0.05, 0) is 64.8 Å². The number of thioether (sulfide) groups is 1. The van der Waals surface area contributed by atoms with Crippen molar-refractivity contribution in [2.75, 3.05) is 19.0 Å². The van der Waals surface area contributed by atoms with Crippen molar-refractivity contribution >= 4 is 84.6 Å². The minimum Gasteiger partial charge on any atom is -0.496 e. The fourth-order valence-electron chi connectivity index (χ4n) is 4.04. The third-order valence-corrected chi connectivity index (χ3v) is 8.03. The highest BCUT2D eigenvalue weighted by molar-refractivity contribution is 9.10. The first-order valence-electron chi connectivity index (χ1n) is 11.8. The lowest BCUT2D eigenvalue weighted by Crippen LogP contribution is -2.36. The van der Waals surface area contributed by atoms with E-state index >= 15 is 0 Å². The minimum absolute atomic E-state index is 0.0220. The fourth-order valence-corrected chi connectivity index (χ4v) is 5.84. The molecule has 39 heavy (non-hydrogen) atoms. The van der Waals surface area contributed by atoms with E-state index in [1.54, 1.807) is 48.5 Å². The summed E-state index contributed by atoms with van der Waals surface area (Å²) in [6, 6.07) is 19.7. The molecule has 3 aromatic carbocycles. The van der Waals surface area contributed by atoms with Crippen LogP contribution in [0, 0.1) is 6.92 Å². The van der Waals surface area contributed by atoms with Crippen molar-refractivity contribution in [1.29, 1.82) is 0 Å². The van der Waals surface area contributed by atoms with Crippen LogP contribution < -0.4 is 10.1 Å². The molecule has 1 N–H and O–H groups in total. The number of nitrogens with one attached hydrogen (secondary N) is 1. The quantitative estimate of drug-likeness (QED) is 0.142. The van der Waals surface area contributed by atoms with Gasteiger partial charge in [-0.1, -0.05) is 65.9 Å². The second kappa shape index (κ2) is 11.2. The van der Waals surface area contributed by atoms with Gasteiger partial charge in [0.15, 0.2) is 5.76 Å². The van der Waals surface area contributed by atoms with Gasteiger partial charge < -0.3 is 14.5 Å². The maximum Gasteiger partial charge on any atom is 0.266 e. The van der Waals surface area contributed by atoms with Crippen LogP contribution >= 0.6 is 39.9 Å². The molecule has 0 saturated carbocycles. The van der Waals surface area contributed by atoms with Crippen LogP contribution in [-0.4, -0.2) is 40.5 Å². The van der Waals surface area contributed by atoms with Crippen LogP contribution in [0.3, 0.4) is 0 Å². The summed E-state index contributed by atoms with van der Waals surface area (Å²) in [5.41, 5.74) is 2.99. The molecule has 0 radical (unpaired) electrons. The standard InChI is InChI=1S/C29H21BrN2O5S2/c1-16-7-9-17(10-8-16)13-23-28(35)32(29(38)39-23)15-24(33)31-25-19-5-3-4-6-21(19)37-27(25)26(34)18-11-12-22(36-2)20(30)14-18/h3-14H,15H2,1-2H3,(H,31,33)/b23-13-. The highest BCUT2D eigenvalue weighted by Gasteiger charge is 2.34. The highest BCUT2D eigenvalue weighted by Crippen LogP contribution is 2.35. The molecule has 5 rings (SSSR count). The summed E-state index contributed by atoms with van der Waals surface area (Å²) < 4.78 is 12.0. The van der Waals surface area contributed by atoms with Crippen LogP contribution in [0.4, 0.5) is 5.69 Å². The van der Waals surface area contributed by atoms with E-state index in [1.807, 2.05) is 31.2 Å². The van der Waals surface area contributed by atoms with Gasteiger partial charge in [-0.15, -0.1) is 0 Å². The molecule has 0 unspecified atom stereocenters. The Kier molecular flexibility index (Phi) is 7.69. The lowest BCUT2D eigenvalue weighted by Gasteiger charge is -2.14. The van der Waals surface area contributed by atoms with Gasteiger partial charge in [-0.25, -0.2) is 0 Å². The number of hydrogen-bond acceptors (Lipinski definition) is 7. The molecule has 196 valence electrons. The van der Waals surface area contributed by atoms with Crippen LogP contribution in [0.25, 0.3) is 17.0 Å². The van der Waals surface area contributed by atoms with E-state index in [0.717, 1.165) is 22.9 Å². The molecule has 1 fully saturated rings. The van der Waals surface area contributed by atoms with Gasteiger partial charge in [0.1, 0.15) is 22.2 Å². The Balaban J connectivity index is 1.39. The maximum absolute atomic E-state index is 13.5. The summed E-state index contributed by atoms with van der Waals surface area (Å²) in [5, 5.41) is 3.35. The molecule has 7 nitrogen and oxygen atoms in total. The molecular formula is C29H21BrN2O5S2. The van der Waals surface area contributed by atoms with E-state index < -0.39 is 11.7 Å². The molecule has 10 heteroatoms. The molecule has 2 amide bonds. The lowest BCUT2D eigenvalue weighted by atomic mass is 10.1. The number of thiocarbonyl (C=S) groups is 1. The van der Waals surface area contributed by atoms with Crippen LogP contribution in [-0.2, 0) is 9.59 Å². The minimum atomic E-state index is -0.514. The smallest absolute Gasteiger partial charge is 0.266 e. The molecule has 1 saturated heterocycles. The summed E-state index contributed by atoms with van der Waals surface area (Å²) >= 11 is 9.94. The number of ether oxygens (including phenoxy) is 1. The molecule has 1 aliphatic rings. The SMILES string of the molecule is COc1ccc(C(=O)c2oc3ccccc3c2NC(=O)CN2C(=O)/C(=C/c3ccc(C)cc3)SC2=S)cc1Br. The Morgan fingerprint density at radius 2 is 1.87 bits per heavy atom. The van der Waals surface area contributed by atoms with Crippen molar-refractivity contribution in [1.82, 2.24) is 4.90 Å². The molecule has 0 atom stereocenters. The molecule has 1 aliphatic heterocycles. The van der Waals surface area contributed by atoms with Crippen LogP contribution in [0.1, 0.15) is 27.2 Å². The van der Waals surface area contributed by atoms with Crippen molar-refractivity contribution in [2.24, 2.45) is 0 Å². The fraction of sp³-hybridized carbons (Fsp3) is 0.103. The second-order valence-electron chi connectivity index (χ2n) is 8.71. The first-order valence-corrected chi connectivity index (χ1v) is 13.8. The number of halogens is 1. The van der Waals surface area contributed by atoms with Crippen LogP contribution in [0.2, 0.25) is 0 Å². The first kappa shape index (κ1) is 26.9. The van der Waals surface area contributed by atoms with E-state index in [0.29, 0.717) is 31.7 Å². The number of nitrogens with zero attached hydrogens (tertiary/aromatic N) is 1. The number of methoxy groups -OCH3 is 1. The van der Waals surface area contributed by atoms with E-state index in [9.17, 15) is 14.4 Å². The van der Waals surface area contributed by atoms with Gasteiger partial charge in [0, 0.05) is 10.9 Å². The van der Waals surface area contributed by atoms with Crippen molar-refractivity contribution in [2.45, 2.75) is 6.92 Å². The zero-order chi connectivity index (χ0) is 27.7. The number of carbonyl (C=O) groups excluding carboxylic acids is 3. The monoisotopic (exact) mass is 620 g/mol. The zero-order valence-electron chi connectivity index (χ0n) is 20.8. The number of amides is 2. The molecule has 4 aromatic rings. The molecule has 2 heterocycles. The number of furan rings is 1. The summed E-state index contributed by atoms with van der Waals surface area (Å²) in [6.45, 7) is 1.68. The number of aryl methyl sites for hydroxylation is 1. The Hall–Kier alpha value is -3.73. The van der Waals surface area contributed by atoms with Gasteiger partial charge in [-0.2, -0.15) is 0 Å². The Morgan fingerprint density at radius 3 is 2.59 bits per heavy atom. The second-order valence-corrected chi connectivity index (χ2v) is 11.2. The van der Waals surface area contributed by atoms with Gasteiger partial charge in [0.25, 0.3) is 5.91 Å². The number of rotatable bonds is 7. The van der Waals surface area contributed by atoms with Gasteiger partial charge in [0.2, 0.25) is 11.7 Å². The average molecular weight is 622 g/mol. The third kappa shape index (κ3) is 5.54. The number of benzene rings is 3. The molecule has 0 aliphatic carbocycles. The van der Waals surface area contributed by atoms with Crippen molar-refractivity contribution < 1.29 is 23.5 Å². The normalized spacial score (nSPS) is 14.3. The lowest BCUT2D eigenvalue weighted by molar-refractivity contribution is -0.126. The molecule has 0 bridgehead atoms. The number of carbonyl (C=O) groups is 3. The largest absolute Gasteiger partial charge is 0.496 e. The summed E-state index contributed by atoms with van der Waals surface area (Å²) in [6.07, 6.45) is 1.75. The third-order valence-electron chi connectivity index (χ3n) is 6.03. The zero-order valence-corrected chi connectivity index (χ0v) is 24.0. The Morgan fingerprint density at radius 1 is 1.13 bits per heavy atom. The van der Waals surface area contributed by atoms with Crippen LogP contribution in [0.5, 0.6) is 5.75 Å². The number of ketones is 1. The van der Waals surface area contributed by atoms with Crippen molar-refractivity contribution in [3.8, 4) is 5.75 Å². The van der Waals surface area contributed by atoms with E-state index in [2.05, 4.69) is 21.2 Å². The molecule has 0 spiro atoms. The van der Waals surface area contributed by atoms with E-state index in [1.165, 1.54) is 12.0 Å². The predicted molar refractivity (Wildman–Crippen MR) is 160 cm³/mol. The Labute approximate surface area is 242 Å². The van der Waals surface area contributed by atoms with Crippen molar-refractivity contribution in [3.05, 3.63) is 98.6 Å². The van der Waals surface area contributed by atoms with Gasteiger partial charge >= 0.3 is 0 Å². The maximum atomic E-state index is 13.5. The van der Waals surface area contributed by atoms with Gasteiger partial charge in [0.05, 0.1) is 22.2 Å². The Bertz CT molecular complexity index is 1680. The predicted octanol–water partition coefficient (Wildman–Crippen LogP) is 6.58. The van der Waals surface area contributed by atoms with E-state index in [-0.39, 0.29) is 28.2 Å². The van der Waals surface area contributed by atoms with E-state index in [4.69, 9.17) is 21.4 Å². The van der Waals surface area contributed by atoms with Gasteiger partial charge in [-0.3, -0.25) is 19.3 Å². The summed E-state index contributed by atoms with van der Waals surface area (Å²) in [4.78, 5) is 41.4. The molecular weight excluding hydrogens is 600 g/mol. The van der Waals surface area contributed by atoms with Crippen molar-refractivity contribution in [3.63, 3.8) is 0 Å². The summed E-state index contributed by atoms with van der Waals surface area (Å²) in [5.74, 6) is -0.732. The first-order chi connectivity index (χ1) is 18.7. The number of fused-ring (bicyclic) bond motifs is 1.